The van der Waals surface area contributed by atoms with Crippen molar-refractivity contribution in [3.63, 3.8) is 0 Å². The molecule has 3 amide bonds. The normalized spacial score (nSPS) is 22.1. The number of nitrogens with one attached hydrogen (secondary N) is 3. The van der Waals surface area contributed by atoms with Gasteiger partial charge in [0, 0.05) is 18.8 Å². The Morgan fingerprint density at radius 1 is 1.14 bits per heavy atom. The fourth-order valence-corrected chi connectivity index (χ4v) is 4.86. The van der Waals surface area contributed by atoms with Crippen LogP contribution >= 0.6 is 11.6 Å². The molecule has 9 nitrogen and oxygen atoms in total. The topological polar surface area (TPSA) is 129 Å². The first-order valence-electron chi connectivity index (χ1n) is 12.1. The molecule has 4 rings (SSSR count). The van der Waals surface area contributed by atoms with Crippen molar-refractivity contribution < 1.29 is 14.4 Å². The van der Waals surface area contributed by atoms with Crippen molar-refractivity contribution in [2.24, 2.45) is 16.6 Å². The Balaban J connectivity index is 1.43. The predicted molar refractivity (Wildman–Crippen MR) is 140 cm³/mol. The van der Waals surface area contributed by atoms with Crippen molar-refractivity contribution in [1.82, 2.24) is 15.5 Å². The third-order valence-corrected chi connectivity index (χ3v) is 7.21. The van der Waals surface area contributed by atoms with Gasteiger partial charge >= 0.3 is 0 Å². The Labute approximate surface area is 215 Å². The third kappa shape index (κ3) is 5.37. The highest BCUT2D eigenvalue weighted by Crippen LogP contribution is 2.31. The van der Waals surface area contributed by atoms with E-state index in [-0.39, 0.29) is 11.8 Å². The van der Waals surface area contributed by atoms with Crippen molar-refractivity contribution in [2.45, 2.75) is 31.3 Å². The molecule has 2 unspecified atom stereocenters. The lowest BCUT2D eigenvalue weighted by molar-refractivity contribution is -0.131. The number of hydrogen-bond acceptors (Lipinski definition) is 6. The molecule has 2 aromatic carbocycles. The lowest BCUT2D eigenvalue weighted by Crippen LogP contribution is -2.60. The molecule has 1 fully saturated rings. The van der Waals surface area contributed by atoms with E-state index in [1.165, 1.54) is 6.34 Å². The number of nitrogens with zero attached hydrogens (tertiary/aromatic N) is 2. The molecule has 0 radical (unpaired) electrons. The number of likely N-dealkylation sites (tertiary alicyclic amines) is 1. The summed E-state index contributed by atoms with van der Waals surface area (Å²) in [6.45, 7) is 5.50. The third-order valence-electron chi connectivity index (χ3n) is 6.88. The van der Waals surface area contributed by atoms with Crippen LogP contribution in [0.5, 0.6) is 0 Å². The summed E-state index contributed by atoms with van der Waals surface area (Å²) in [5, 5.41) is 8.95. The number of primary amides is 1. The smallest absolute Gasteiger partial charge is 0.257 e. The van der Waals surface area contributed by atoms with E-state index < -0.39 is 17.5 Å². The largest absolute Gasteiger partial charge is 0.367 e. The van der Waals surface area contributed by atoms with Crippen LogP contribution < -0.4 is 21.7 Å². The molecule has 0 spiro atoms. The first-order chi connectivity index (χ1) is 17.3. The summed E-state index contributed by atoms with van der Waals surface area (Å²) in [6, 6.07) is 12.2. The van der Waals surface area contributed by atoms with Crippen LogP contribution in [0.25, 0.3) is 0 Å². The van der Waals surface area contributed by atoms with Gasteiger partial charge in [0.15, 0.2) is 11.6 Å². The van der Waals surface area contributed by atoms with E-state index >= 15 is 0 Å². The summed E-state index contributed by atoms with van der Waals surface area (Å²) in [5.41, 5.74) is 5.59. The van der Waals surface area contributed by atoms with Gasteiger partial charge in [-0.05, 0) is 61.7 Å². The summed E-state index contributed by atoms with van der Waals surface area (Å²) in [7, 11) is 0. The first-order valence-corrected chi connectivity index (χ1v) is 12.4. The Hall–Kier alpha value is -3.43. The number of piperidine rings is 1. The van der Waals surface area contributed by atoms with Gasteiger partial charge in [-0.1, -0.05) is 42.8 Å². The van der Waals surface area contributed by atoms with Crippen LogP contribution in [-0.4, -0.2) is 61.2 Å². The maximum atomic E-state index is 13.1. The minimum Gasteiger partial charge on any atom is -0.367 e. The van der Waals surface area contributed by atoms with E-state index in [0.29, 0.717) is 28.4 Å². The maximum Gasteiger partial charge on any atom is 0.257 e. The fourth-order valence-electron chi connectivity index (χ4n) is 4.64. The quantitative estimate of drug-likeness (QED) is 0.432. The van der Waals surface area contributed by atoms with Gasteiger partial charge in [-0.15, -0.1) is 0 Å². The number of carbonyl (C=O) groups is 3. The van der Waals surface area contributed by atoms with Crippen molar-refractivity contribution in [3.05, 3.63) is 64.7 Å². The molecule has 2 aromatic rings. The molecule has 0 aliphatic carbocycles. The Morgan fingerprint density at radius 3 is 2.50 bits per heavy atom. The molecule has 0 bridgehead atoms. The summed E-state index contributed by atoms with van der Waals surface area (Å²) in [6.07, 6.45) is 3.66. The average molecular weight is 511 g/mol. The summed E-state index contributed by atoms with van der Waals surface area (Å²) in [4.78, 5) is 44.9. The van der Waals surface area contributed by atoms with Gasteiger partial charge in [-0.3, -0.25) is 19.4 Å². The van der Waals surface area contributed by atoms with E-state index in [0.717, 1.165) is 38.4 Å². The molecule has 36 heavy (non-hydrogen) atoms. The number of anilines is 1. The highest BCUT2D eigenvalue weighted by Gasteiger charge is 2.52. The lowest BCUT2D eigenvalue weighted by Gasteiger charge is -2.32. The highest BCUT2D eigenvalue weighted by molar-refractivity contribution is 6.34. The molecule has 2 aliphatic rings. The molecule has 2 aliphatic heterocycles. The minimum atomic E-state index is -1.53. The van der Waals surface area contributed by atoms with E-state index in [4.69, 9.17) is 17.3 Å². The molecule has 1 saturated heterocycles. The number of amides is 3. The van der Waals surface area contributed by atoms with Gasteiger partial charge in [0.2, 0.25) is 5.91 Å². The number of benzene rings is 2. The average Bonchev–Trinajstić information content (AvgIpc) is 3.32. The standard InChI is InChI=1S/C26H31ClN6O3/c1-17-10-13-33(14-11-17)15-12-29-24(35)22-26(25(28)36,31-16-30-22)18-6-8-19(9-7-18)32-23(34)20-4-2-3-5-21(20)27/h2-9,16-17,22H,10-15H2,1H3,(H2,28,36)(H,29,35)(H,30,31)(H,32,34). The summed E-state index contributed by atoms with van der Waals surface area (Å²) >= 11 is 6.11. The van der Waals surface area contributed by atoms with Gasteiger partial charge in [0.1, 0.15) is 0 Å². The van der Waals surface area contributed by atoms with E-state index in [2.05, 4.69) is 32.8 Å². The van der Waals surface area contributed by atoms with Gasteiger partial charge in [0.25, 0.3) is 11.8 Å². The van der Waals surface area contributed by atoms with Gasteiger partial charge in [-0.25, -0.2) is 0 Å². The zero-order chi connectivity index (χ0) is 25.7. The molecule has 0 aromatic heterocycles. The number of nitrogens with two attached hydrogens (primary N) is 1. The monoisotopic (exact) mass is 510 g/mol. The number of carbonyl (C=O) groups excluding carboxylic acids is 3. The Morgan fingerprint density at radius 2 is 1.83 bits per heavy atom. The molecule has 5 N–H and O–H groups in total. The zero-order valence-corrected chi connectivity index (χ0v) is 20.9. The summed E-state index contributed by atoms with van der Waals surface area (Å²) < 4.78 is 0. The maximum absolute atomic E-state index is 13.1. The second-order valence-electron chi connectivity index (χ2n) is 9.32. The molecule has 0 saturated carbocycles. The van der Waals surface area contributed by atoms with Crippen molar-refractivity contribution in [2.75, 3.05) is 31.5 Å². The lowest BCUT2D eigenvalue weighted by atomic mass is 9.82. The number of rotatable bonds is 8. The molecular weight excluding hydrogens is 480 g/mol. The van der Waals surface area contributed by atoms with Gasteiger partial charge in [0.05, 0.1) is 16.9 Å². The van der Waals surface area contributed by atoms with Crippen LogP contribution in [0.3, 0.4) is 0 Å². The first kappa shape index (κ1) is 25.7. The Kier molecular flexibility index (Phi) is 7.91. The van der Waals surface area contributed by atoms with E-state index in [9.17, 15) is 14.4 Å². The van der Waals surface area contributed by atoms with Crippen molar-refractivity contribution in [1.29, 1.82) is 0 Å². The van der Waals surface area contributed by atoms with Crippen molar-refractivity contribution in [3.8, 4) is 0 Å². The molecule has 2 atom stereocenters. The second-order valence-corrected chi connectivity index (χ2v) is 9.73. The van der Waals surface area contributed by atoms with Crippen LogP contribution in [0.1, 0.15) is 35.7 Å². The van der Waals surface area contributed by atoms with Crippen LogP contribution in [-0.2, 0) is 15.1 Å². The van der Waals surface area contributed by atoms with Crippen LogP contribution in [0.2, 0.25) is 5.02 Å². The molecule has 190 valence electrons. The van der Waals surface area contributed by atoms with Crippen LogP contribution in [0.15, 0.2) is 53.5 Å². The van der Waals surface area contributed by atoms with E-state index in [1.807, 2.05) is 0 Å². The Bertz CT molecular complexity index is 1150. The molecular formula is C26H31ClN6O3. The van der Waals surface area contributed by atoms with Crippen molar-refractivity contribution >= 4 is 41.3 Å². The highest BCUT2D eigenvalue weighted by atomic mass is 35.5. The number of aliphatic imine (C=N–C) groups is 1. The van der Waals surface area contributed by atoms with E-state index in [1.54, 1.807) is 48.5 Å². The van der Waals surface area contributed by atoms with Gasteiger partial charge in [-0.2, -0.15) is 0 Å². The fraction of sp³-hybridized carbons (Fsp3) is 0.385. The second kappa shape index (κ2) is 11.1. The van der Waals surface area contributed by atoms with Gasteiger partial charge < -0.3 is 26.6 Å². The number of hydrogen-bond donors (Lipinski definition) is 4. The predicted octanol–water partition coefficient (Wildman–Crippen LogP) is 2.12. The van der Waals surface area contributed by atoms with Crippen LogP contribution in [0, 0.1) is 5.92 Å². The van der Waals surface area contributed by atoms with Crippen LogP contribution in [0.4, 0.5) is 5.69 Å². The molecule has 2 heterocycles. The summed E-state index contributed by atoms with van der Waals surface area (Å²) in [5.74, 6) is -0.725. The SMILES string of the molecule is CC1CCN(CCNC(=O)C2N=CNC2(C(N)=O)c2ccc(NC(=O)c3ccccc3Cl)cc2)CC1. The molecule has 10 heteroatoms. The number of halogens is 1. The minimum absolute atomic E-state index is 0.343. The zero-order valence-electron chi connectivity index (χ0n) is 20.2.